The molecular formula is C58H70N4O5. The zero-order valence-corrected chi connectivity index (χ0v) is 40.6. The molecule has 2 heterocycles. The third-order valence-electron chi connectivity index (χ3n) is 12.1. The molecule has 9 nitrogen and oxygen atoms in total. The molecule has 0 saturated heterocycles. The van der Waals surface area contributed by atoms with Gasteiger partial charge in [-0.3, -0.25) is 0 Å². The first-order valence-electron chi connectivity index (χ1n) is 24.8. The molecule has 0 bridgehead atoms. The second-order valence-electron chi connectivity index (χ2n) is 17.8. The lowest BCUT2D eigenvalue weighted by molar-refractivity contribution is 0.0298. The molecule has 0 aliphatic heterocycles. The molecule has 352 valence electrons. The maximum Gasteiger partial charge on any atom is 0.338 e. The Hall–Kier alpha value is -6.06. The van der Waals surface area contributed by atoms with E-state index < -0.39 is 12.2 Å². The molecule has 0 spiro atoms. The zero-order chi connectivity index (χ0) is 47.4. The first-order valence-corrected chi connectivity index (χ1v) is 24.8. The summed E-state index contributed by atoms with van der Waals surface area (Å²) in [5.41, 5.74) is 8.48. The molecule has 0 saturated carbocycles. The van der Waals surface area contributed by atoms with Crippen LogP contribution in [0.5, 0.6) is 0 Å². The van der Waals surface area contributed by atoms with Crippen LogP contribution in [0, 0.1) is 0 Å². The number of carbonyl (C=O) groups excluding carboxylic acids is 2. The van der Waals surface area contributed by atoms with Crippen molar-refractivity contribution in [3.8, 4) is 22.8 Å². The number of nitrogens with zero attached hydrogens (tertiary/aromatic N) is 4. The van der Waals surface area contributed by atoms with Gasteiger partial charge in [0.15, 0.2) is 11.6 Å². The monoisotopic (exact) mass is 903 g/mol. The number of aromatic nitrogens is 4. The molecule has 0 amide bonds. The average Bonchev–Trinajstić information content (AvgIpc) is 3.35. The fourth-order valence-electron chi connectivity index (χ4n) is 8.22. The summed E-state index contributed by atoms with van der Waals surface area (Å²) < 4.78 is 19.1. The Labute approximate surface area is 399 Å². The van der Waals surface area contributed by atoms with Crippen molar-refractivity contribution in [2.75, 3.05) is 0 Å². The van der Waals surface area contributed by atoms with E-state index in [1.54, 1.807) is 0 Å². The number of rotatable bonds is 26. The predicted molar refractivity (Wildman–Crippen MR) is 268 cm³/mol. The van der Waals surface area contributed by atoms with Crippen LogP contribution in [0.15, 0.2) is 122 Å². The van der Waals surface area contributed by atoms with Gasteiger partial charge in [0.05, 0.1) is 23.3 Å². The van der Waals surface area contributed by atoms with Gasteiger partial charge in [0.1, 0.15) is 12.2 Å². The van der Waals surface area contributed by atoms with Crippen LogP contribution in [0.25, 0.3) is 22.8 Å². The number of ether oxygens (including phenoxy) is 3. The van der Waals surface area contributed by atoms with Crippen LogP contribution in [-0.4, -0.2) is 44.1 Å². The van der Waals surface area contributed by atoms with Crippen LogP contribution in [-0.2, 0) is 27.1 Å². The van der Waals surface area contributed by atoms with E-state index in [1.807, 2.05) is 136 Å². The van der Waals surface area contributed by atoms with Gasteiger partial charge in [-0.25, -0.2) is 29.5 Å². The molecule has 0 fully saturated rings. The lowest BCUT2D eigenvalue weighted by Crippen LogP contribution is -2.16. The molecule has 0 aliphatic carbocycles. The molecule has 67 heavy (non-hydrogen) atoms. The lowest BCUT2D eigenvalue weighted by atomic mass is 9.95. The summed E-state index contributed by atoms with van der Waals surface area (Å²) >= 11 is 0. The van der Waals surface area contributed by atoms with Crippen molar-refractivity contribution >= 4 is 11.9 Å². The summed E-state index contributed by atoms with van der Waals surface area (Å²) in [5, 5.41) is 0. The minimum atomic E-state index is -0.582. The van der Waals surface area contributed by atoms with Crippen LogP contribution in [0.4, 0.5) is 0 Å². The summed E-state index contributed by atoms with van der Waals surface area (Å²) in [6.07, 6.45) is 20.7. The van der Waals surface area contributed by atoms with Crippen molar-refractivity contribution in [2.24, 2.45) is 0 Å². The highest BCUT2D eigenvalue weighted by molar-refractivity contribution is 5.90. The quantitative estimate of drug-likeness (QED) is 0.0388. The number of benzene rings is 4. The number of hydrogen-bond donors (Lipinski definition) is 0. The highest BCUT2D eigenvalue weighted by Crippen LogP contribution is 2.38. The molecule has 2 aromatic heterocycles. The van der Waals surface area contributed by atoms with E-state index >= 15 is 0 Å². The minimum Gasteiger partial charge on any atom is -0.459 e. The molecular weight excluding hydrogens is 833 g/mol. The largest absolute Gasteiger partial charge is 0.459 e. The summed E-state index contributed by atoms with van der Waals surface area (Å²) in [6.45, 7) is 12.6. The third kappa shape index (κ3) is 15.0. The fraction of sp³-hybridized carbons (Fsp3) is 0.414. The van der Waals surface area contributed by atoms with Crippen LogP contribution in [0.2, 0.25) is 0 Å². The predicted octanol–water partition coefficient (Wildman–Crippen LogP) is 14.4. The third-order valence-corrected chi connectivity index (χ3v) is 12.1. The molecule has 6 aromatic rings. The summed E-state index contributed by atoms with van der Waals surface area (Å²) in [6, 6.07) is 31.3. The van der Waals surface area contributed by atoms with Gasteiger partial charge in [0.2, 0.25) is 0 Å². The lowest BCUT2D eigenvalue weighted by Gasteiger charge is -2.27. The Morgan fingerprint density at radius 2 is 0.761 bits per heavy atom. The molecule has 0 radical (unpaired) electrons. The Balaban J connectivity index is 1.33. The topological polar surface area (TPSA) is 113 Å². The first kappa shape index (κ1) is 50.4. The maximum atomic E-state index is 13.3. The van der Waals surface area contributed by atoms with E-state index in [9.17, 15) is 9.59 Å². The zero-order valence-electron chi connectivity index (χ0n) is 40.6. The van der Waals surface area contributed by atoms with Crippen LogP contribution >= 0.6 is 0 Å². The number of unbranched alkanes of at least 4 members (excludes halogenated alkanes) is 6. The number of aryl methyl sites for hydroxylation is 2. The van der Waals surface area contributed by atoms with Gasteiger partial charge < -0.3 is 14.2 Å². The van der Waals surface area contributed by atoms with E-state index in [0.717, 1.165) is 122 Å². The maximum absolute atomic E-state index is 13.3. The van der Waals surface area contributed by atoms with Crippen LogP contribution < -0.4 is 0 Å². The SMILES string of the molecule is CCCCCCC(C)OC(=O)c1ccc(C(OC(c2ccc(C(=O)OC(C)CCCCCC)cc2)c2ccc(-c3ncc(CCC)cn3)cc2)c2ccc(-c3ncc(CCC)cn3)cc2)cc1. The summed E-state index contributed by atoms with van der Waals surface area (Å²) in [5.74, 6) is 0.621. The van der Waals surface area contributed by atoms with Crippen molar-refractivity contribution in [1.82, 2.24) is 19.9 Å². The summed E-state index contributed by atoms with van der Waals surface area (Å²) in [7, 11) is 0. The Kier molecular flexibility index (Phi) is 19.8. The van der Waals surface area contributed by atoms with Gasteiger partial charge in [-0.05, 0) is 110 Å². The first-order chi connectivity index (χ1) is 32.7. The molecule has 9 heteroatoms. The van der Waals surface area contributed by atoms with Crippen molar-refractivity contribution < 1.29 is 23.8 Å². The van der Waals surface area contributed by atoms with Crippen LogP contribution in [0.3, 0.4) is 0 Å². The minimum absolute atomic E-state index is 0.170. The molecule has 4 atom stereocenters. The van der Waals surface area contributed by atoms with E-state index in [-0.39, 0.29) is 24.1 Å². The second-order valence-corrected chi connectivity index (χ2v) is 17.8. The van der Waals surface area contributed by atoms with Crippen LogP contribution in [0.1, 0.15) is 185 Å². The molecule has 6 rings (SSSR count). The van der Waals surface area contributed by atoms with E-state index in [2.05, 4.69) is 47.6 Å². The van der Waals surface area contributed by atoms with Gasteiger partial charge in [0, 0.05) is 35.9 Å². The van der Waals surface area contributed by atoms with Crippen molar-refractivity contribution in [3.05, 3.63) is 166 Å². The Morgan fingerprint density at radius 3 is 1.07 bits per heavy atom. The fourth-order valence-corrected chi connectivity index (χ4v) is 8.22. The Morgan fingerprint density at radius 1 is 0.433 bits per heavy atom. The van der Waals surface area contributed by atoms with Gasteiger partial charge in [-0.15, -0.1) is 0 Å². The number of hydrogen-bond acceptors (Lipinski definition) is 9. The van der Waals surface area contributed by atoms with Crippen molar-refractivity contribution in [3.63, 3.8) is 0 Å². The highest BCUT2D eigenvalue weighted by Gasteiger charge is 2.26. The smallest absolute Gasteiger partial charge is 0.338 e. The molecule has 4 unspecified atom stereocenters. The van der Waals surface area contributed by atoms with E-state index in [4.69, 9.17) is 14.2 Å². The second kappa shape index (κ2) is 26.3. The van der Waals surface area contributed by atoms with Crippen molar-refractivity contribution in [2.45, 2.75) is 156 Å². The number of carbonyl (C=O) groups is 2. The molecule has 0 N–H and O–H groups in total. The summed E-state index contributed by atoms with van der Waals surface area (Å²) in [4.78, 5) is 45.4. The highest BCUT2D eigenvalue weighted by atomic mass is 16.5. The average molecular weight is 903 g/mol. The Bertz CT molecular complexity index is 2210. The normalized spacial score (nSPS) is 13.1. The van der Waals surface area contributed by atoms with E-state index in [0.29, 0.717) is 22.8 Å². The van der Waals surface area contributed by atoms with Crippen molar-refractivity contribution in [1.29, 1.82) is 0 Å². The standard InChI is InChI=1S/C58H70N4O5/c1-7-11-13-15-19-41(5)65-57(63)51-33-25-47(26-34-51)53(45-21-29-49(30-22-45)55-59-37-43(17-9-3)38-60-55)67-54(46-23-31-50(32-24-46)56-61-39-44(18-10-4)40-62-56)48-27-35-52(36-28-48)58(64)66-42(6)20-16-14-12-8-2/h21-42,53-54H,7-20H2,1-6H3. The van der Waals surface area contributed by atoms with Gasteiger partial charge in [0.25, 0.3) is 0 Å². The van der Waals surface area contributed by atoms with E-state index in [1.165, 1.54) is 12.8 Å². The molecule has 4 aromatic carbocycles. The molecule has 0 aliphatic rings. The van der Waals surface area contributed by atoms with Gasteiger partial charge in [-0.2, -0.15) is 0 Å². The van der Waals surface area contributed by atoms with Gasteiger partial charge >= 0.3 is 11.9 Å². The number of esters is 2. The van der Waals surface area contributed by atoms with Gasteiger partial charge in [-0.1, -0.05) is 152 Å².